The molecule has 0 heterocycles. The summed E-state index contributed by atoms with van der Waals surface area (Å²) >= 11 is -0.826. The third-order valence-corrected chi connectivity index (χ3v) is 8.42. The molecule has 0 aliphatic carbocycles. The molecule has 23 heavy (non-hydrogen) atoms. The van der Waals surface area contributed by atoms with Crippen molar-refractivity contribution in [2.45, 2.75) is 65.6 Å². The summed E-state index contributed by atoms with van der Waals surface area (Å²) in [5.74, 6) is 0.493. The average molecular weight is 456 g/mol. The summed E-state index contributed by atoms with van der Waals surface area (Å²) in [5, 5.41) is 11.9. The third kappa shape index (κ3) is 6.47. The number of aromatic hydroxyl groups is 1. The van der Waals surface area contributed by atoms with E-state index >= 15 is 0 Å². The van der Waals surface area contributed by atoms with Crippen molar-refractivity contribution in [2.75, 3.05) is 7.05 Å². The molecule has 0 atom stereocenters. The topological polar surface area (TPSA) is 23.5 Å². The van der Waals surface area contributed by atoms with Crippen LogP contribution in [0, 0.1) is 0 Å². The van der Waals surface area contributed by atoms with E-state index in [0.717, 1.165) is 10.8 Å². The van der Waals surface area contributed by atoms with Gasteiger partial charge in [0.15, 0.2) is 8.24 Å². The standard InChI is InChI=1S/C17H31NOSi.2ClH.Zr/c1-16(2,3)13-11-10-12-14(15(13)19)20(8,9)18(7)17(4,5)6;;;/h10-12,19H,1-9H3;2*1H;/q;;;+2/p-2. The molecule has 0 bridgehead atoms. The van der Waals surface area contributed by atoms with Crippen molar-refractivity contribution in [1.82, 2.24) is 4.57 Å². The Bertz CT molecular complexity index is 510. The zero-order valence-electron chi connectivity index (χ0n) is 15.9. The number of para-hydroxylation sites is 1. The second kappa shape index (κ2) is 8.85. The third-order valence-electron chi connectivity index (χ3n) is 4.35. The van der Waals surface area contributed by atoms with Gasteiger partial charge in [-0.25, -0.2) is 0 Å². The SMILES string of the molecule is CN(C(C)(C)C)[Si](C)(C)c1cccc(C(C)(C)C)c1O.[Cl][Zr][Cl]. The van der Waals surface area contributed by atoms with Crippen molar-refractivity contribution in [3.63, 3.8) is 0 Å². The summed E-state index contributed by atoms with van der Waals surface area (Å²) in [6.07, 6.45) is 0. The summed E-state index contributed by atoms with van der Waals surface area (Å²) in [5.41, 5.74) is 1.10. The number of nitrogens with zero attached hydrogens (tertiary/aromatic N) is 1. The molecule has 0 amide bonds. The quantitative estimate of drug-likeness (QED) is 0.619. The van der Waals surface area contributed by atoms with Gasteiger partial charge in [-0.05, 0) is 44.0 Å². The summed E-state index contributed by atoms with van der Waals surface area (Å²) in [4.78, 5) is 0. The number of rotatable bonds is 2. The summed E-state index contributed by atoms with van der Waals surface area (Å²) in [7, 11) is 10.2. The average Bonchev–Trinajstić information content (AvgIpc) is 2.36. The minimum atomic E-state index is -1.89. The van der Waals surface area contributed by atoms with Crippen LogP contribution in [0.3, 0.4) is 0 Å². The van der Waals surface area contributed by atoms with Crippen LogP contribution in [0.2, 0.25) is 13.1 Å². The molecule has 0 aliphatic heterocycles. The van der Waals surface area contributed by atoms with Crippen LogP contribution in [0.5, 0.6) is 5.75 Å². The van der Waals surface area contributed by atoms with Crippen LogP contribution in [0.1, 0.15) is 47.1 Å². The van der Waals surface area contributed by atoms with Gasteiger partial charge in [-0.1, -0.05) is 52.1 Å². The van der Waals surface area contributed by atoms with Crippen LogP contribution < -0.4 is 5.19 Å². The molecule has 0 spiro atoms. The number of benzene rings is 1. The zero-order valence-corrected chi connectivity index (χ0v) is 20.9. The Morgan fingerprint density at radius 1 is 1.04 bits per heavy atom. The molecule has 0 aromatic heterocycles. The molecule has 2 nitrogen and oxygen atoms in total. The van der Waals surface area contributed by atoms with E-state index in [4.69, 9.17) is 17.0 Å². The fourth-order valence-corrected chi connectivity index (χ4v) is 5.92. The van der Waals surface area contributed by atoms with E-state index in [2.05, 4.69) is 78.4 Å². The molecule has 6 heteroatoms. The summed E-state index contributed by atoms with van der Waals surface area (Å²) in [6.45, 7) is 17.7. The molecule has 1 aromatic rings. The van der Waals surface area contributed by atoms with Crippen molar-refractivity contribution in [2.24, 2.45) is 0 Å². The Kier molecular flexibility index (Phi) is 9.10. The normalized spacial score (nSPS) is 12.7. The second-order valence-corrected chi connectivity index (χ2v) is 16.4. The van der Waals surface area contributed by atoms with Crippen molar-refractivity contribution < 1.29 is 26.0 Å². The van der Waals surface area contributed by atoms with Crippen molar-refractivity contribution in [3.05, 3.63) is 23.8 Å². The van der Waals surface area contributed by atoms with Gasteiger partial charge in [-0.15, -0.1) is 0 Å². The molecule has 1 aromatic carbocycles. The van der Waals surface area contributed by atoms with Crippen LogP contribution in [-0.2, 0) is 26.3 Å². The Balaban J connectivity index is 0.00000149. The van der Waals surface area contributed by atoms with E-state index in [1.54, 1.807) is 0 Å². The molecule has 0 aliphatic rings. The molecule has 0 saturated heterocycles. The van der Waals surface area contributed by atoms with Crippen LogP contribution in [0.15, 0.2) is 18.2 Å². The van der Waals surface area contributed by atoms with E-state index < -0.39 is 29.1 Å². The van der Waals surface area contributed by atoms with Crippen LogP contribution in [-0.4, -0.2) is 30.5 Å². The predicted octanol–water partition coefficient (Wildman–Crippen LogP) is 5.21. The number of phenolic OH excluding ortho intramolecular Hbond substituents is 1. The molecular formula is C17H31Cl2NOSiZr. The molecule has 0 fully saturated rings. The molecule has 1 rings (SSSR count). The summed E-state index contributed by atoms with van der Waals surface area (Å²) < 4.78 is 2.45. The molecule has 1 N–H and O–H groups in total. The first kappa shape index (κ1) is 23.7. The maximum absolute atomic E-state index is 10.8. The fraction of sp³-hybridized carbons (Fsp3) is 0.647. The van der Waals surface area contributed by atoms with Crippen LogP contribution in [0.25, 0.3) is 0 Å². The van der Waals surface area contributed by atoms with Gasteiger partial charge >= 0.3 is 37.9 Å². The maximum atomic E-state index is 10.8. The number of halogens is 2. The fourth-order valence-electron chi connectivity index (χ4n) is 2.66. The van der Waals surface area contributed by atoms with E-state index in [0.29, 0.717) is 5.75 Å². The molecule has 0 radical (unpaired) electrons. The first-order valence-electron chi connectivity index (χ1n) is 7.74. The number of hydrogen-bond donors (Lipinski definition) is 1. The van der Waals surface area contributed by atoms with E-state index in [-0.39, 0.29) is 11.0 Å². The van der Waals surface area contributed by atoms with Gasteiger partial charge in [0.1, 0.15) is 5.75 Å². The number of hydrogen-bond acceptors (Lipinski definition) is 2. The predicted molar refractivity (Wildman–Crippen MR) is 103 cm³/mol. The second-order valence-electron chi connectivity index (χ2n) is 8.31. The van der Waals surface area contributed by atoms with Crippen molar-refractivity contribution >= 4 is 30.4 Å². The minimum absolute atomic E-state index is 0.0368. The molecule has 132 valence electrons. The molecular weight excluding hydrogens is 424 g/mol. The van der Waals surface area contributed by atoms with Gasteiger partial charge in [-0.3, -0.25) is 0 Å². The van der Waals surface area contributed by atoms with Crippen LogP contribution in [0.4, 0.5) is 0 Å². The van der Waals surface area contributed by atoms with Gasteiger partial charge in [0, 0.05) is 5.54 Å². The monoisotopic (exact) mass is 453 g/mol. The van der Waals surface area contributed by atoms with Crippen LogP contribution >= 0.6 is 17.0 Å². The van der Waals surface area contributed by atoms with E-state index in [9.17, 15) is 5.11 Å². The van der Waals surface area contributed by atoms with Gasteiger partial charge < -0.3 is 9.67 Å². The van der Waals surface area contributed by atoms with Gasteiger partial charge in [0.25, 0.3) is 0 Å². The van der Waals surface area contributed by atoms with E-state index in [1.807, 2.05) is 6.07 Å². The van der Waals surface area contributed by atoms with Gasteiger partial charge in [-0.2, -0.15) is 0 Å². The zero-order chi connectivity index (χ0) is 18.6. The molecule has 0 unspecified atom stereocenters. The first-order chi connectivity index (χ1) is 10.2. The Morgan fingerprint density at radius 3 is 1.83 bits per heavy atom. The van der Waals surface area contributed by atoms with E-state index in [1.165, 1.54) is 0 Å². The van der Waals surface area contributed by atoms with Gasteiger partial charge in [0.05, 0.1) is 0 Å². The Labute approximate surface area is 162 Å². The van der Waals surface area contributed by atoms with Gasteiger partial charge in [0.2, 0.25) is 0 Å². The molecule has 0 saturated carbocycles. The van der Waals surface area contributed by atoms with Crippen molar-refractivity contribution in [1.29, 1.82) is 0 Å². The Hall–Kier alpha value is 0.660. The number of phenols is 1. The first-order valence-corrected chi connectivity index (χ1v) is 17.0. The van der Waals surface area contributed by atoms with Crippen molar-refractivity contribution in [3.8, 4) is 5.75 Å². The summed E-state index contributed by atoms with van der Waals surface area (Å²) in [6, 6.07) is 6.22. The Morgan fingerprint density at radius 2 is 1.48 bits per heavy atom.